The van der Waals surface area contributed by atoms with E-state index in [4.69, 9.17) is 0 Å². The Labute approximate surface area is 100 Å². The monoisotopic (exact) mass is 229 g/mol. The maximum atomic E-state index is 11.8. The van der Waals surface area contributed by atoms with Crippen molar-refractivity contribution in [2.75, 3.05) is 0 Å². The molecule has 17 heavy (non-hydrogen) atoms. The van der Waals surface area contributed by atoms with Crippen LogP contribution in [0.5, 0.6) is 0 Å². The summed E-state index contributed by atoms with van der Waals surface area (Å²) in [6.07, 6.45) is 0.679. The van der Waals surface area contributed by atoms with Crippen molar-refractivity contribution >= 4 is 11.8 Å². The highest BCUT2D eigenvalue weighted by Gasteiger charge is 2.69. The van der Waals surface area contributed by atoms with Gasteiger partial charge in [-0.3, -0.25) is 14.9 Å². The van der Waals surface area contributed by atoms with Crippen LogP contribution >= 0.6 is 0 Å². The Morgan fingerprint density at radius 2 is 1.88 bits per heavy atom. The van der Waals surface area contributed by atoms with E-state index in [2.05, 4.69) is 31.3 Å². The number of piperidine rings is 1. The molecule has 88 valence electrons. The van der Waals surface area contributed by atoms with Crippen LogP contribution in [-0.4, -0.2) is 11.8 Å². The minimum Gasteiger partial charge on any atom is -0.295 e. The van der Waals surface area contributed by atoms with Gasteiger partial charge in [0.2, 0.25) is 11.8 Å². The van der Waals surface area contributed by atoms with Crippen molar-refractivity contribution in [3.8, 4) is 0 Å². The molecule has 1 N–H and O–H groups in total. The molecule has 1 aromatic rings. The highest BCUT2D eigenvalue weighted by Crippen LogP contribution is 2.57. The molecule has 0 bridgehead atoms. The third-order valence-corrected chi connectivity index (χ3v) is 4.01. The van der Waals surface area contributed by atoms with Gasteiger partial charge in [0.25, 0.3) is 0 Å². The molecule has 3 nitrogen and oxygen atoms in total. The number of amides is 2. The average Bonchev–Trinajstić information content (AvgIpc) is 3.00. The molecular formula is C14H15NO2. The van der Waals surface area contributed by atoms with Gasteiger partial charge in [0.15, 0.2) is 0 Å². The maximum Gasteiger partial charge on any atom is 0.238 e. The lowest BCUT2D eigenvalue weighted by Gasteiger charge is -2.12. The Morgan fingerprint density at radius 1 is 1.24 bits per heavy atom. The molecule has 2 atom stereocenters. The number of hydrogen-bond acceptors (Lipinski definition) is 2. The maximum absolute atomic E-state index is 11.8. The molecule has 1 heterocycles. The molecule has 3 rings (SSSR count). The molecule has 0 spiro atoms. The number of imide groups is 1. The van der Waals surface area contributed by atoms with Crippen molar-refractivity contribution in [1.29, 1.82) is 0 Å². The normalized spacial score (nSPS) is 30.4. The molecule has 2 fully saturated rings. The van der Waals surface area contributed by atoms with Gasteiger partial charge in [0, 0.05) is 0 Å². The fourth-order valence-electron chi connectivity index (χ4n) is 2.76. The second-order valence-corrected chi connectivity index (χ2v) is 5.32. The summed E-state index contributed by atoms with van der Waals surface area (Å²) < 4.78 is 0. The smallest absolute Gasteiger partial charge is 0.238 e. The van der Waals surface area contributed by atoms with Crippen LogP contribution in [0.4, 0.5) is 0 Å². The van der Waals surface area contributed by atoms with Crippen molar-refractivity contribution < 1.29 is 9.59 Å². The number of nitrogens with one attached hydrogen (secondary N) is 1. The summed E-state index contributed by atoms with van der Waals surface area (Å²) >= 11 is 0. The molecule has 0 aromatic heterocycles. The van der Waals surface area contributed by atoms with Crippen molar-refractivity contribution in [2.24, 2.45) is 5.92 Å². The molecule has 1 aliphatic carbocycles. The molecule has 2 amide bonds. The lowest BCUT2D eigenvalue weighted by molar-refractivity contribution is -0.127. The second-order valence-electron chi connectivity index (χ2n) is 5.32. The Bertz CT molecular complexity index is 503. The Morgan fingerprint density at radius 3 is 2.29 bits per heavy atom. The zero-order valence-electron chi connectivity index (χ0n) is 9.99. The summed E-state index contributed by atoms with van der Waals surface area (Å²) in [7, 11) is 0. The molecule has 1 saturated heterocycles. The first-order valence-corrected chi connectivity index (χ1v) is 6.01. The van der Waals surface area contributed by atoms with Crippen molar-refractivity contribution in [3.63, 3.8) is 0 Å². The SMILES string of the molecule is CC(C)c1ccc(C23C[C@@H]2C(=O)NC3=O)cc1. The van der Waals surface area contributed by atoms with Gasteiger partial charge in [-0.15, -0.1) is 0 Å². The van der Waals surface area contributed by atoms with Gasteiger partial charge < -0.3 is 0 Å². The molecule has 3 heteroatoms. The van der Waals surface area contributed by atoms with Crippen LogP contribution in [0.25, 0.3) is 0 Å². The highest BCUT2D eigenvalue weighted by atomic mass is 16.2. The van der Waals surface area contributed by atoms with E-state index in [1.807, 2.05) is 12.1 Å². The Balaban J connectivity index is 1.96. The standard InChI is InChI=1S/C14H15NO2/c1-8(2)9-3-5-10(6-4-9)14-7-11(14)12(16)15-13(14)17/h3-6,8,11H,7H2,1-2H3,(H,15,16,17)/t11-,14?/m1/s1. The van der Waals surface area contributed by atoms with Crippen LogP contribution < -0.4 is 5.32 Å². The van der Waals surface area contributed by atoms with Crippen LogP contribution in [0.2, 0.25) is 0 Å². The van der Waals surface area contributed by atoms with Gasteiger partial charge in [0.05, 0.1) is 11.3 Å². The second kappa shape index (κ2) is 3.19. The summed E-state index contributed by atoms with van der Waals surface area (Å²) in [5.74, 6) is 0.128. The van der Waals surface area contributed by atoms with Crippen LogP contribution in [0.3, 0.4) is 0 Å². The van der Waals surface area contributed by atoms with E-state index in [-0.39, 0.29) is 17.7 Å². The first-order valence-electron chi connectivity index (χ1n) is 6.01. The summed E-state index contributed by atoms with van der Waals surface area (Å²) in [5.41, 5.74) is 1.70. The van der Waals surface area contributed by atoms with Crippen LogP contribution in [0, 0.1) is 5.92 Å². The fraction of sp³-hybridized carbons (Fsp3) is 0.429. The number of carbonyl (C=O) groups excluding carboxylic acids is 2. The van der Waals surface area contributed by atoms with E-state index >= 15 is 0 Å². The first kappa shape index (κ1) is 10.5. The third-order valence-electron chi connectivity index (χ3n) is 4.01. The molecule has 0 radical (unpaired) electrons. The molecule has 2 aliphatic rings. The van der Waals surface area contributed by atoms with Crippen LogP contribution in [0.15, 0.2) is 24.3 Å². The summed E-state index contributed by atoms with van der Waals surface area (Å²) in [5, 5.41) is 2.42. The van der Waals surface area contributed by atoms with Gasteiger partial charge in [-0.25, -0.2) is 0 Å². The molecule has 1 aliphatic heterocycles. The lowest BCUT2D eigenvalue weighted by Crippen LogP contribution is -2.30. The largest absolute Gasteiger partial charge is 0.295 e. The van der Waals surface area contributed by atoms with Gasteiger partial charge in [0.1, 0.15) is 0 Å². The van der Waals surface area contributed by atoms with Crippen molar-refractivity contribution in [3.05, 3.63) is 35.4 Å². The Kier molecular flexibility index (Phi) is 1.97. The zero-order chi connectivity index (χ0) is 12.2. The number of carbonyl (C=O) groups is 2. The van der Waals surface area contributed by atoms with E-state index in [9.17, 15) is 9.59 Å². The van der Waals surface area contributed by atoms with E-state index in [1.165, 1.54) is 5.56 Å². The van der Waals surface area contributed by atoms with E-state index in [0.717, 1.165) is 5.56 Å². The van der Waals surface area contributed by atoms with Gasteiger partial charge in [-0.05, 0) is 23.5 Å². The van der Waals surface area contributed by atoms with Gasteiger partial charge in [-0.2, -0.15) is 0 Å². The zero-order valence-corrected chi connectivity index (χ0v) is 9.99. The first-order chi connectivity index (χ1) is 8.05. The molecule has 1 unspecified atom stereocenters. The van der Waals surface area contributed by atoms with Crippen LogP contribution in [-0.2, 0) is 15.0 Å². The minimum atomic E-state index is -0.535. The van der Waals surface area contributed by atoms with Gasteiger partial charge >= 0.3 is 0 Å². The van der Waals surface area contributed by atoms with Crippen molar-refractivity contribution in [1.82, 2.24) is 5.32 Å². The number of rotatable bonds is 2. The number of benzene rings is 1. The molecule has 1 aromatic carbocycles. The van der Waals surface area contributed by atoms with Crippen LogP contribution in [0.1, 0.15) is 37.3 Å². The number of hydrogen-bond donors (Lipinski definition) is 1. The molecular weight excluding hydrogens is 214 g/mol. The number of fused-ring (bicyclic) bond motifs is 1. The topological polar surface area (TPSA) is 46.2 Å². The summed E-state index contributed by atoms with van der Waals surface area (Å²) in [6.45, 7) is 4.28. The summed E-state index contributed by atoms with van der Waals surface area (Å²) in [4.78, 5) is 23.3. The third kappa shape index (κ3) is 1.28. The average molecular weight is 229 g/mol. The summed E-state index contributed by atoms with van der Waals surface area (Å²) in [6, 6.07) is 8.10. The highest BCUT2D eigenvalue weighted by molar-refractivity contribution is 6.15. The minimum absolute atomic E-state index is 0.108. The predicted molar refractivity (Wildman–Crippen MR) is 63.5 cm³/mol. The van der Waals surface area contributed by atoms with E-state index in [0.29, 0.717) is 12.3 Å². The van der Waals surface area contributed by atoms with Gasteiger partial charge in [-0.1, -0.05) is 38.1 Å². The quantitative estimate of drug-likeness (QED) is 0.785. The lowest BCUT2D eigenvalue weighted by atomic mass is 9.92. The van der Waals surface area contributed by atoms with E-state index in [1.54, 1.807) is 0 Å². The van der Waals surface area contributed by atoms with E-state index < -0.39 is 5.41 Å². The van der Waals surface area contributed by atoms with Crippen molar-refractivity contribution in [2.45, 2.75) is 31.6 Å². The Hall–Kier alpha value is -1.64. The molecule has 1 saturated carbocycles. The predicted octanol–water partition coefficient (Wildman–Crippen LogP) is 1.72. The fourth-order valence-corrected chi connectivity index (χ4v) is 2.76.